The summed E-state index contributed by atoms with van der Waals surface area (Å²) in [4.78, 5) is 2.57. The van der Waals surface area contributed by atoms with Crippen LogP contribution in [-0.2, 0) is 0 Å². The van der Waals surface area contributed by atoms with Crippen molar-refractivity contribution in [3.8, 4) is 0 Å². The van der Waals surface area contributed by atoms with Crippen molar-refractivity contribution in [2.24, 2.45) is 11.7 Å². The van der Waals surface area contributed by atoms with Gasteiger partial charge in [0.15, 0.2) is 0 Å². The Labute approximate surface area is 88.8 Å². The minimum Gasteiger partial charge on any atom is -0.329 e. The largest absolute Gasteiger partial charge is 0.329 e. The fourth-order valence-corrected chi connectivity index (χ4v) is 3.06. The molecule has 2 N–H and O–H groups in total. The molecule has 0 aliphatic heterocycles. The minimum atomic E-state index is 0.337. The first-order chi connectivity index (χ1) is 6.72. The van der Waals surface area contributed by atoms with Gasteiger partial charge in [-0.3, -0.25) is 4.90 Å². The fourth-order valence-electron chi connectivity index (χ4n) is 3.06. The molecule has 1 aliphatic rings. The normalized spacial score (nSPS) is 32.8. The predicted octanol–water partition coefficient (Wildman–Crippen LogP) is 2.24. The zero-order valence-electron chi connectivity index (χ0n) is 10.1. The summed E-state index contributed by atoms with van der Waals surface area (Å²) in [5.74, 6) is 0.916. The summed E-state index contributed by atoms with van der Waals surface area (Å²) in [5, 5.41) is 0. The molecule has 0 amide bonds. The van der Waals surface area contributed by atoms with Crippen molar-refractivity contribution in [3.63, 3.8) is 0 Å². The SMILES string of the molecule is CCC1CCC(CN)(N(CC)CC)C1. The Morgan fingerprint density at radius 2 is 1.93 bits per heavy atom. The molecule has 0 aromatic heterocycles. The maximum absolute atomic E-state index is 6.00. The van der Waals surface area contributed by atoms with E-state index < -0.39 is 0 Å². The lowest BCUT2D eigenvalue weighted by molar-refractivity contribution is 0.108. The molecule has 0 saturated heterocycles. The molecule has 0 bridgehead atoms. The van der Waals surface area contributed by atoms with Gasteiger partial charge in [-0.05, 0) is 38.3 Å². The molecule has 2 nitrogen and oxygen atoms in total. The minimum absolute atomic E-state index is 0.337. The van der Waals surface area contributed by atoms with Crippen LogP contribution in [0.5, 0.6) is 0 Å². The summed E-state index contributed by atoms with van der Waals surface area (Å²) in [6, 6.07) is 0. The Morgan fingerprint density at radius 3 is 2.29 bits per heavy atom. The van der Waals surface area contributed by atoms with Gasteiger partial charge in [-0.15, -0.1) is 0 Å². The third-order valence-corrected chi connectivity index (χ3v) is 4.08. The van der Waals surface area contributed by atoms with E-state index in [1.807, 2.05) is 0 Å². The lowest BCUT2D eigenvalue weighted by Gasteiger charge is -2.39. The van der Waals surface area contributed by atoms with Gasteiger partial charge < -0.3 is 5.73 Å². The van der Waals surface area contributed by atoms with Crippen LogP contribution in [0.4, 0.5) is 0 Å². The Hall–Kier alpha value is -0.0800. The summed E-state index contributed by atoms with van der Waals surface area (Å²) in [6.45, 7) is 9.93. The average Bonchev–Trinajstić information content (AvgIpc) is 2.65. The standard InChI is InChI=1S/C12H26N2/c1-4-11-7-8-12(9-11,10-13)14(5-2)6-3/h11H,4-10,13H2,1-3H3. The highest BCUT2D eigenvalue weighted by atomic mass is 15.2. The first-order valence-electron chi connectivity index (χ1n) is 6.17. The quantitative estimate of drug-likeness (QED) is 0.734. The number of hydrogen-bond acceptors (Lipinski definition) is 2. The van der Waals surface area contributed by atoms with Gasteiger partial charge in [0.2, 0.25) is 0 Å². The molecular weight excluding hydrogens is 172 g/mol. The highest BCUT2D eigenvalue weighted by molar-refractivity contribution is 4.98. The molecular formula is C12H26N2. The number of nitrogens with two attached hydrogens (primary N) is 1. The molecule has 14 heavy (non-hydrogen) atoms. The van der Waals surface area contributed by atoms with Gasteiger partial charge in [-0.25, -0.2) is 0 Å². The summed E-state index contributed by atoms with van der Waals surface area (Å²) in [5.41, 5.74) is 6.33. The van der Waals surface area contributed by atoms with Crippen molar-refractivity contribution < 1.29 is 0 Å². The van der Waals surface area contributed by atoms with E-state index in [9.17, 15) is 0 Å². The topological polar surface area (TPSA) is 29.3 Å². The van der Waals surface area contributed by atoms with E-state index in [0.717, 1.165) is 25.6 Å². The Kier molecular flexibility index (Phi) is 4.39. The molecule has 0 radical (unpaired) electrons. The molecule has 84 valence electrons. The van der Waals surface area contributed by atoms with Crippen LogP contribution in [0.2, 0.25) is 0 Å². The molecule has 0 spiro atoms. The number of rotatable bonds is 5. The Morgan fingerprint density at radius 1 is 1.29 bits per heavy atom. The van der Waals surface area contributed by atoms with E-state index in [2.05, 4.69) is 25.7 Å². The maximum atomic E-state index is 6.00. The summed E-state index contributed by atoms with van der Waals surface area (Å²) in [7, 11) is 0. The van der Waals surface area contributed by atoms with E-state index in [1.54, 1.807) is 0 Å². The first kappa shape index (κ1) is 12.0. The van der Waals surface area contributed by atoms with Crippen LogP contribution in [0.25, 0.3) is 0 Å². The van der Waals surface area contributed by atoms with Crippen molar-refractivity contribution in [2.75, 3.05) is 19.6 Å². The molecule has 2 unspecified atom stereocenters. The number of likely N-dealkylation sites (N-methyl/N-ethyl adjacent to an activating group) is 1. The molecule has 2 atom stereocenters. The summed E-state index contributed by atoms with van der Waals surface area (Å²) in [6.07, 6.45) is 5.33. The Balaban J connectivity index is 2.67. The van der Waals surface area contributed by atoms with E-state index in [-0.39, 0.29) is 0 Å². The van der Waals surface area contributed by atoms with Gasteiger partial charge in [-0.1, -0.05) is 27.2 Å². The van der Waals surface area contributed by atoms with Crippen LogP contribution in [0.15, 0.2) is 0 Å². The lowest BCUT2D eigenvalue weighted by atomic mass is 9.93. The van der Waals surface area contributed by atoms with Crippen LogP contribution < -0.4 is 5.73 Å². The molecule has 0 aromatic rings. The Bertz CT molecular complexity index is 166. The zero-order valence-corrected chi connectivity index (χ0v) is 10.1. The second-order valence-corrected chi connectivity index (χ2v) is 4.62. The zero-order chi connectivity index (χ0) is 10.6. The maximum Gasteiger partial charge on any atom is 0.0334 e. The second kappa shape index (κ2) is 5.13. The van der Waals surface area contributed by atoms with Gasteiger partial charge in [-0.2, -0.15) is 0 Å². The molecule has 0 heterocycles. The monoisotopic (exact) mass is 198 g/mol. The van der Waals surface area contributed by atoms with Gasteiger partial charge in [0, 0.05) is 12.1 Å². The summed E-state index contributed by atoms with van der Waals surface area (Å²) < 4.78 is 0. The van der Waals surface area contributed by atoms with E-state index in [4.69, 9.17) is 5.73 Å². The molecule has 1 saturated carbocycles. The highest BCUT2D eigenvalue weighted by Gasteiger charge is 2.40. The predicted molar refractivity (Wildman–Crippen MR) is 62.3 cm³/mol. The molecule has 1 aliphatic carbocycles. The van der Waals surface area contributed by atoms with Crippen LogP contribution in [-0.4, -0.2) is 30.1 Å². The molecule has 2 heteroatoms. The van der Waals surface area contributed by atoms with Crippen molar-refractivity contribution in [1.29, 1.82) is 0 Å². The van der Waals surface area contributed by atoms with Gasteiger partial charge in [0.05, 0.1) is 0 Å². The highest BCUT2D eigenvalue weighted by Crippen LogP contribution is 2.39. The fraction of sp³-hybridized carbons (Fsp3) is 1.00. The van der Waals surface area contributed by atoms with Gasteiger partial charge in [0.25, 0.3) is 0 Å². The van der Waals surface area contributed by atoms with E-state index in [0.29, 0.717) is 5.54 Å². The van der Waals surface area contributed by atoms with Crippen molar-refractivity contribution in [3.05, 3.63) is 0 Å². The van der Waals surface area contributed by atoms with E-state index >= 15 is 0 Å². The summed E-state index contributed by atoms with van der Waals surface area (Å²) >= 11 is 0. The van der Waals surface area contributed by atoms with Crippen molar-refractivity contribution in [2.45, 2.75) is 52.0 Å². The van der Waals surface area contributed by atoms with Gasteiger partial charge >= 0.3 is 0 Å². The number of nitrogens with zero attached hydrogens (tertiary/aromatic N) is 1. The number of hydrogen-bond donors (Lipinski definition) is 1. The van der Waals surface area contributed by atoms with Crippen LogP contribution in [0.1, 0.15) is 46.5 Å². The van der Waals surface area contributed by atoms with Crippen LogP contribution in [0.3, 0.4) is 0 Å². The molecule has 1 fully saturated rings. The van der Waals surface area contributed by atoms with Gasteiger partial charge in [0.1, 0.15) is 0 Å². The second-order valence-electron chi connectivity index (χ2n) is 4.62. The van der Waals surface area contributed by atoms with Crippen molar-refractivity contribution >= 4 is 0 Å². The third kappa shape index (κ3) is 2.12. The first-order valence-corrected chi connectivity index (χ1v) is 6.17. The van der Waals surface area contributed by atoms with E-state index in [1.165, 1.54) is 25.7 Å². The van der Waals surface area contributed by atoms with Crippen LogP contribution in [0, 0.1) is 5.92 Å². The van der Waals surface area contributed by atoms with Crippen molar-refractivity contribution in [1.82, 2.24) is 4.90 Å². The smallest absolute Gasteiger partial charge is 0.0334 e. The van der Waals surface area contributed by atoms with Crippen LogP contribution >= 0.6 is 0 Å². The third-order valence-electron chi connectivity index (χ3n) is 4.08. The molecule has 1 rings (SSSR count). The average molecular weight is 198 g/mol. The lowest BCUT2D eigenvalue weighted by Crippen LogP contribution is -2.52. The molecule has 0 aromatic carbocycles.